The minimum absolute atomic E-state index is 0. The van der Waals surface area contributed by atoms with Gasteiger partial charge in [-0.15, -0.1) is 0 Å². The third-order valence-corrected chi connectivity index (χ3v) is 2.06. The largest absolute Gasteiger partial charge is 0.665 e. The zero-order valence-electron chi connectivity index (χ0n) is 15.7. The van der Waals surface area contributed by atoms with Crippen molar-refractivity contribution >= 4 is 0 Å². The van der Waals surface area contributed by atoms with E-state index in [2.05, 4.69) is 16.0 Å². The van der Waals surface area contributed by atoms with Crippen LogP contribution in [-0.4, -0.2) is 40.8 Å². The first-order valence-electron chi connectivity index (χ1n) is 7.74. The first kappa shape index (κ1) is 30.2. The summed E-state index contributed by atoms with van der Waals surface area (Å²) in [5.74, 6) is 0. The fourth-order valence-electron chi connectivity index (χ4n) is 0.642. The summed E-state index contributed by atoms with van der Waals surface area (Å²) >= 11 is 0. The van der Waals surface area contributed by atoms with Gasteiger partial charge in [0.1, 0.15) is 0 Å². The molecule has 0 N–H and O–H groups in total. The molecule has 0 aliphatic heterocycles. The Hall–Kier alpha value is -0.706. The molecule has 0 saturated heterocycles. The summed E-state index contributed by atoms with van der Waals surface area (Å²) in [6, 6.07) is 20.0. The van der Waals surface area contributed by atoms with Crippen molar-refractivity contribution in [2.45, 2.75) is 20.8 Å². The number of hydrogen-bond acceptors (Lipinski definition) is 0. The topological polar surface area (TPSA) is 42.3 Å². The Morgan fingerprint density at radius 2 is 0.739 bits per heavy atom. The molecule has 2 rings (SSSR count). The van der Waals surface area contributed by atoms with Gasteiger partial charge in [-0.05, 0) is 0 Å². The summed E-state index contributed by atoms with van der Waals surface area (Å²) < 4.78 is 0. The maximum absolute atomic E-state index is 3.74. The van der Waals surface area contributed by atoms with E-state index in [1.807, 2.05) is 81.4 Å². The first-order chi connectivity index (χ1) is 10.7. The summed E-state index contributed by atoms with van der Waals surface area (Å²) in [6.45, 7) is 8.88. The third kappa shape index (κ3) is 52.4. The van der Waals surface area contributed by atoms with E-state index in [4.69, 9.17) is 0 Å². The van der Waals surface area contributed by atoms with E-state index in [0.717, 1.165) is 19.6 Å². The molecule has 3 nitrogen and oxygen atoms in total. The molecule has 4 heteroatoms. The van der Waals surface area contributed by atoms with Gasteiger partial charge in [-0.2, -0.15) is 77.2 Å². The van der Waals surface area contributed by atoms with Crippen LogP contribution in [0.1, 0.15) is 20.8 Å². The molecule has 0 unspecified atom stereocenters. The van der Waals surface area contributed by atoms with Crippen LogP contribution < -0.4 is 0 Å². The molecule has 0 aromatic heterocycles. The Kier molecular flexibility index (Phi) is 49.2. The van der Waals surface area contributed by atoms with Crippen LogP contribution in [0.25, 0.3) is 16.0 Å². The van der Waals surface area contributed by atoms with Crippen LogP contribution in [0, 0.1) is 0 Å². The van der Waals surface area contributed by atoms with E-state index in [-0.39, 0.29) is 21.7 Å². The molecular weight excluding hydrogens is 318 g/mol. The molecule has 0 fully saturated rings. The molecule has 0 saturated carbocycles. The molecule has 0 amide bonds. The second-order valence-corrected chi connectivity index (χ2v) is 3.82. The summed E-state index contributed by atoms with van der Waals surface area (Å²) in [4.78, 5) is 0. The van der Waals surface area contributed by atoms with Crippen LogP contribution in [0.3, 0.4) is 0 Å². The fraction of sp³-hybridized carbons (Fsp3) is 0.474. The standard InChI is InChI=1S/2C5H5.3C3H8N.Ti/c2*1-2-4-5-3-1;3*1-3-4-2;/h2*1-5H;3*3H2,1-2H3;/q5*-1;. The van der Waals surface area contributed by atoms with Crippen LogP contribution in [0.15, 0.2) is 60.7 Å². The van der Waals surface area contributed by atoms with Crippen molar-refractivity contribution < 1.29 is 21.7 Å². The quantitative estimate of drug-likeness (QED) is 0.492. The maximum atomic E-state index is 3.74. The van der Waals surface area contributed by atoms with E-state index >= 15 is 0 Å². The van der Waals surface area contributed by atoms with Gasteiger partial charge in [0.2, 0.25) is 0 Å². The second-order valence-electron chi connectivity index (χ2n) is 3.82. The molecule has 0 radical (unpaired) electrons. The van der Waals surface area contributed by atoms with Crippen LogP contribution in [0.2, 0.25) is 0 Å². The monoisotopic (exact) mass is 352 g/mol. The maximum Gasteiger partial charge on any atom is 0 e. The average Bonchev–Trinajstić information content (AvgIpc) is 3.32. The first-order valence-corrected chi connectivity index (χ1v) is 7.74. The van der Waals surface area contributed by atoms with Crippen molar-refractivity contribution in [3.05, 3.63) is 76.6 Å². The fourth-order valence-corrected chi connectivity index (χ4v) is 0.642. The van der Waals surface area contributed by atoms with Crippen LogP contribution in [-0.2, 0) is 21.7 Å². The number of rotatable bonds is 3. The predicted octanol–water partition coefficient (Wildman–Crippen LogP) is 5.84. The van der Waals surface area contributed by atoms with Crippen molar-refractivity contribution in [2.75, 3.05) is 40.8 Å². The summed E-state index contributed by atoms with van der Waals surface area (Å²) in [5.41, 5.74) is 0. The molecule has 134 valence electrons. The normalized spacial score (nSPS) is 7.39. The predicted molar refractivity (Wildman–Crippen MR) is 104 cm³/mol. The Balaban J connectivity index is -0.0000000978. The summed E-state index contributed by atoms with van der Waals surface area (Å²) in [5, 5.41) is 11.2. The Morgan fingerprint density at radius 1 is 0.565 bits per heavy atom. The Morgan fingerprint density at radius 3 is 0.783 bits per heavy atom. The van der Waals surface area contributed by atoms with Gasteiger partial charge in [-0.1, -0.05) is 20.8 Å². The van der Waals surface area contributed by atoms with Gasteiger partial charge in [0.05, 0.1) is 0 Å². The van der Waals surface area contributed by atoms with Gasteiger partial charge < -0.3 is 16.0 Å². The molecule has 0 heterocycles. The van der Waals surface area contributed by atoms with Crippen LogP contribution >= 0.6 is 0 Å². The van der Waals surface area contributed by atoms with E-state index in [1.165, 1.54) is 0 Å². The Labute approximate surface area is 159 Å². The number of nitrogens with zero attached hydrogens (tertiary/aromatic N) is 3. The Bertz CT molecular complexity index is 218. The molecule has 0 aliphatic carbocycles. The van der Waals surface area contributed by atoms with Gasteiger partial charge in [0.15, 0.2) is 0 Å². The SMILES string of the molecule is CC[N-]C.CC[N-]C.CC[N-]C.[Ti].c1cc[cH-]c1.c1cc[cH-]c1. The smallest absolute Gasteiger partial charge is 0 e. The van der Waals surface area contributed by atoms with E-state index in [1.54, 1.807) is 21.1 Å². The molecule has 0 spiro atoms. The number of hydrogen-bond donors (Lipinski definition) is 0. The van der Waals surface area contributed by atoms with Gasteiger partial charge in [-0.3, -0.25) is 0 Å². The van der Waals surface area contributed by atoms with Gasteiger partial charge in [0.25, 0.3) is 0 Å². The summed E-state index contributed by atoms with van der Waals surface area (Å²) in [7, 11) is 5.42. The van der Waals surface area contributed by atoms with Crippen molar-refractivity contribution in [3.63, 3.8) is 0 Å². The van der Waals surface area contributed by atoms with Crippen LogP contribution in [0.5, 0.6) is 0 Å². The van der Waals surface area contributed by atoms with Gasteiger partial charge in [-0.25, -0.2) is 24.3 Å². The minimum Gasteiger partial charge on any atom is -0.665 e. The van der Waals surface area contributed by atoms with E-state index in [9.17, 15) is 0 Å². The minimum atomic E-state index is 0. The molecule has 0 aliphatic rings. The van der Waals surface area contributed by atoms with E-state index in [0.29, 0.717) is 0 Å². The third-order valence-electron chi connectivity index (χ3n) is 2.06. The van der Waals surface area contributed by atoms with Crippen molar-refractivity contribution in [1.82, 2.24) is 0 Å². The average molecular weight is 352 g/mol. The molecule has 0 atom stereocenters. The van der Waals surface area contributed by atoms with Crippen molar-refractivity contribution in [1.29, 1.82) is 0 Å². The molecule has 2 aromatic carbocycles. The molecular formula is C19H34N3Ti-5. The zero-order valence-corrected chi connectivity index (χ0v) is 17.3. The van der Waals surface area contributed by atoms with E-state index < -0.39 is 0 Å². The summed E-state index contributed by atoms with van der Waals surface area (Å²) in [6.07, 6.45) is 0. The van der Waals surface area contributed by atoms with Gasteiger partial charge in [0, 0.05) is 21.7 Å². The molecule has 0 bridgehead atoms. The zero-order chi connectivity index (χ0) is 17.3. The second kappa shape index (κ2) is 37.5. The van der Waals surface area contributed by atoms with Gasteiger partial charge >= 0.3 is 0 Å². The van der Waals surface area contributed by atoms with Crippen molar-refractivity contribution in [2.24, 2.45) is 0 Å². The molecule has 2 aromatic rings. The molecule has 23 heavy (non-hydrogen) atoms. The van der Waals surface area contributed by atoms with Crippen LogP contribution in [0.4, 0.5) is 0 Å². The van der Waals surface area contributed by atoms with Crippen molar-refractivity contribution in [3.8, 4) is 0 Å².